The Bertz CT molecular complexity index is 533. The van der Waals surface area contributed by atoms with E-state index in [2.05, 4.69) is 15.2 Å². The Morgan fingerprint density at radius 3 is 2.71 bits per heavy atom. The van der Waals surface area contributed by atoms with Gasteiger partial charge in [0, 0.05) is 24.9 Å². The van der Waals surface area contributed by atoms with E-state index in [1.54, 1.807) is 4.90 Å². The second kappa shape index (κ2) is 5.83. The summed E-state index contributed by atoms with van der Waals surface area (Å²) in [5, 5.41) is 15.7. The van der Waals surface area contributed by atoms with Crippen molar-refractivity contribution in [1.29, 1.82) is 0 Å². The van der Waals surface area contributed by atoms with Crippen LogP contribution in [0, 0.1) is 5.92 Å². The van der Waals surface area contributed by atoms with Gasteiger partial charge in [-0.3, -0.25) is 14.7 Å². The van der Waals surface area contributed by atoms with Crippen LogP contribution in [0.2, 0.25) is 0 Å². The first-order valence-corrected chi connectivity index (χ1v) is 7.21. The van der Waals surface area contributed by atoms with Gasteiger partial charge in [0.15, 0.2) is 0 Å². The second-order valence-electron chi connectivity index (χ2n) is 6.61. The van der Waals surface area contributed by atoms with Crippen LogP contribution in [0.15, 0.2) is 0 Å². The van der Waals surface area contributed by atoms with Crippen molar-refractivity contribution in [1.82, 2.24) is 20.1 Å². The van der Waals surface area contributed by atoms with E-state index in [9.17, 15) is 9.59 Å². The molecule has 1 amide bonds. The number of likely N-dealkylation sites (tertiary alicyclic amines) is 1. The van der Waals surface area contributed by atoms with Gasteiger partial charge in [-0.15, -0.1) is 5.10 Å². The first-order valence-electron chi connectivity index (χ1n) is 7.21. The maximum Gasteiger partial charge on any atom is 0.303 e. The maximum atomic E-state index is 12.4. The molecule has 21 heavy (non-hydrogen) atoms. The van der Waals surface area contributed by atoms with E-state index in [-0.39, 0.29) is 29.5 Å². The van der Waals surface area contributed by atoms with Crippen LogP contribution in [0.3, 0.4) is 0 Å². The summed E-state index contributed by atoms with van der Waals surface area (Å²) in [6, 6.07) is 0. The van der Waals surface area contributed by atoms with Crippen molar-refractivity contribution >= 4 is 11.9 Å². The summed E-state index contributed by atoms with van der Waals surface area (Å²) in [7, 11) is 0. The molecule has 0 aliphatic carbocycles. The Hall–Kier alpha value is -1.92. The number of nitrogens with one attached hydrogen (secondary N) is 1. The molecule has 2 heterocycles. The van der Waals surface area contributed by atoms with Gasteiger partial charge >= 0.3 is 5.97 Å². The lowest BCUT2D eigenvalue weighted by Gasteiger charge is -2.31. The van der Waals surface area contributed by atoms with Crippen LogP contribution < -0.4 is 0 Å². The Balaban J connectivity index is 2.05. The lowest BCUT2D eigenvalue weighted by molar-refractivity contribution is -0.138. The smallest absolute Gasteiger partial charge is 0.303 e. The first kappa shape index (κ1) is 15.5. The lowest BCUT2D eigenvalue weighted by Crippen LogP contribution is -2.41. The number of aliphatic carboxylic acids is 1. The minimum Gasteiger partial charge on any atom is -0.481 e. The average Bonchev–Trinajstić information content (AvgIpc) is 2.86. The number of hydrogen-bond acceptors (Lipinski definition) is 4. The second-order valence-corrected chi connectivity index (χ2v) is 6.61. The predicted octanol–water partition coefficient (Wildman–Crippen LogP) is 1.43. The molecular weight excluding hydrogens is 272 g/mol. The van der Waals surface area contributed by atoms with Crippen LogP contribution >= 0.6 is 0 Å². The Labute approximate surface area is 123 Å². The number of carboxylic acids is 1. The number of hydrogen-bond donors (Lipinski definition) is 2. The number of H-pyrrole nitrogens is 1. The molecule has 1 aliphatic heterocycles. The van der Waals surface area contributed by atoms with E-state index in [1.807, 2.05) is 20.8 Å². The Morgan fingerprint density at radius 1 is 1.43 bits per heavy atom. The number of aromatic amines is 1. The fourth-order valence-electron chi connectivity index (χ4n) is 2.50. The highest BCUT2D eigenvalue weighted by Crippen LogP contribution is 2.22. The normalized spacial score (nSPS) is 19.6. The van der Waals surface area contributed by atoms with E-state index in [1.165, 1.54) is 0 Å². The molecule has 0 saturated carbocycles. The molecule has 1 saturated heterocycles. The fourth-order valence-corrected chi connectivity index (χ4v) is 2.50. The predicted molar refractivity (Wildman–Crippen MR) is 76.0 cm³/mol. The molecule has 2 rings (SSSR count). The molecule has 0 spiro atoms. The lowest BCUT2D eigenvalue weighted by atomic mass is 9.95. The summed E-state index contributed by atoms with van der Waals surface area (Å²) in [4.78, 5) is 29.1. The molecule has 1 unspecified atom stereocenters. The molecule has 116 valence electrons. The number of carbonyl (C=O) groups excluding carboxylic acids is 1. The number of piperidine rings is 1. The summed E-state index contributed by atoms with van der Waals surface area (Å²) in [6.45, 7) is 7.07. The topological polar surface area (TPSA) is 99.2 Å². The summed E-state index contributed by atoms with van der Waals surface area (Å²) in [5.74, 6) is -0.193. The zero-order valence-electron chi connectivity index (χ0n) is 12.7. The van der Waals surface area contributed by atoms with Gasteiger partial charge in [-0.05, 0) is 18.8 Å². The van der Waals surface area contributed by atoms with E-state index >= 15 is 0 Å². The van der Waals surface area contributed by atoms with Crippen molar-refractivity contribution < 1.29 is 14.7 Å². The number of rotatable bonds is 3. The summed E-state index contributed by atoms with van der Waals surface area (Å²) < 4.78 is 0. The standard InChI is InChI=1S/C14H22N4O3/c1-14(2,3)13-15-11(16-17-13)12(21)18-6-4-5-9(8-18)7-10(19)20/h9H,4-8H2,1-3H3,(H,19,20)(H,15,16,17). The third-order valence-electron chi connectivity index (χ3n) is 3.66. The zero-order valence-corrected chi connectivity index (χ0v) is 12.7. The molecule has 1 atom stereocenters. The average molecular weight is 294 g/mol. The van der Waals surface area contributed by atoms with E-state index in [0.717, 1.165) is 12.8 Å². The number of amides is 1. The highest BCUT2D eigenvalue weighted by atomic mass is 16.4. The van der Waals surface area contributed by atoms with Crippen LogP contribution in [0.5, 0.6) is 0 Å². The van der Waals surface area contributed by atoms with E-state index in [4.69, 9.17) is 5.11 Å². The number of carbonyl (C=O) groups is 2. The van der Waals surface area contributed by atoms with Crippen molar-refractivity contribution in [3.05, 3.63) is 11.6 Å². The number of nitrogens with zero attached hydrogens (tertiary/aromatic N) is 3. The molecule has 0 bridgehead atoms. The van der Waals surface area contributed by atoms with Crippen LogP contribution in [-0.2, 0) is 10.2 Å². The van der Waals surface area contributed by atoms with Crippen molar-refractivity contribution in [2.24, 2.45) is 5.92 Å². The van der Waals surface area contributed by atoms with Gasteiger partial charge in [0.2, 0.25) is 5.82 Å². The molecule has 1 aromatic rings. The largest absolute Gasteiger partial charge is 0.481 e. The molecule has 7 nitrogen and oxygen atoms in total. The fraction of sp³-hybridized carbons (Fsp3) is 0.714. The third kappa shape index (κ3) is 3.80. The van der Waals surface area contributed by atoms with Gasteiger partial charge in [0.1, 0.15) is 5.82 Å². The van der Waals surface area contributed by atoms with Crippen molar-refractivity contribution in [3.8, 4) is 0 Å². The molecule has 7 heteroatoms. The van der Waals surface area contributed by atoms with E-state index in [0.29, 0.717) is 18.9 Å². The van der Waals surface area contributed by atoms with E-state index < -0.39 is 5.97 Å². The SMILES string of the molecule is CC(C)(C)c1nc(C(=O)N2CCCC(CC(=O)O)C2)n[nH]1. The monoisotopic (exact) mass is 294 g/mol. The molecule has 2 N–H and O–H groups in total. The molecule has 0 radical (unpaired) electrons. The third-order valence-corrected chi connectivity index (χ3v) is 3.66. The van der Waals surface area contributed by atoms with Crippen LogP contribution in [0.25, 0.3) is 0 Å². The molecule has 1 aliphatic rings. The van der Waals surface area contributed by atoms with Crippen LogP contribution in [0.4, 0.5) is 0 Å². The Kier molecular flexibility index (Phi) is 4.29. The van der Waals surface area contributed by atoms with Crippen molar-refractivity contribution in [2.75, 3.05) is 13.1 Å². The van der Waals surface area contributed by atoms with Gasteiger partial charge in [-0.25, -0.2) is 4.98 Å². The van der Waals surface area contributed by atoms with Gasteiger partial charge < -0.3 is 10.0 Å². The van der Waals surface area contributed by atoms with Gasteiger partial charge in [0.05, 0.1) is 0 Å². The minimum absolute atomic E-state index is 0.0150. The molecule has 1 aromatic heterocycles. The summed E-state index contributed by atoms with van der Waals surface area (Å²) in [5.41, 5.74) is -0.195. The number of aromatic nitrogens is 3. The maximum absolute atomic E-state index is 12.4. The van der Waals surface area contributed by atoms with Gasteiger partial charge in [-0.1, -0.05) is 20.8 Å². The molecule has 1 fully saturated rings. The summed E-state index contributed by atoms with van der Waals surface area (Å²) >= 11 is 0. The molecular formula is C14H22N4O3. The zero-order chi connectivity index (χ0) is 15.6. The van der Waals surface area contributed by atoms with Crippen molar-refractivity contribution in [3.63, 3.8) is 0 Å². The van der Waals surface area contributed by atoms with Crippen LogP contribution in [0.1, 0.15) is 56.5 Å². The minimum atomic E-state index is -0.817. The van der Waals surface area contributed by atoms with Gasteiger partial charge in [-0.2, -0.15) is 0 Å². The number of carboxylic acid groups (broad SMARTS) is 1. The van der Waals surface area contributed by atoms with Crippen LogP contribution in [-0.4, -0.2) is 50.2 Å². The quantitative estimate of drug-likeness (QED) is 0.878. The highest BCUT2D eigenvalue weighted by Gasteiger charge is 2.29. The molecule has 0 aromatic carbocycles. The highest BCUT2D eigenvalue weighted by molar-refractivity contribution is 5.90. The van der Waals surface area contributed by atoms with Gasteiger partial charge in [0.25, 0.3) is 5.91 Å². The Morgan fingerprint density at radius 2 is 2.14 bits per heavy atom. The van der Waals surface area contributed by atoms with Crippen molar-refractivity contribution in [2.45, 2.75) is 45.4 Å². The first-order chi connectivity index (χ1) is 9.77. The summed E-state index contributed by atoms with van der Waals surface area (Å²) in [6.07, 6.45) is 1.77.